The number of hydrogen-bond acceptors (Lipinski definition) is 3. The SMILES string of the molecule is CC(O)C1C(=O)CC2C3CC=C4CC(N(C)C)CCC4(C)C3CCC21C. The summed E-state index contributed by atoms with van der Waals surface area (Å²) in [6, 6.07) is 0.687. The lowest BCUT2D eigenvalue weighted by atomic mass is 9.47. The number of fused-ring (bicyclic) bond motifs is 5. The smallest absolute Gasteiger partial charge is 0.139 e. The molecule has 0 saturated heterocycles. The highest BCUT2D eigenvalue weighted by Crippen LogP contribution is 2.66. The largest absolute Gasteiger partial charge is 0.393 e. The molecule has 8 atom stereocenters. The van der Waals surface area contributed by atoms with Gasteiger partial charge >= 0.3 is 0 Å². The molecule has 3 saturated carbocycles. The molecule has 4 aliphatic carbocycles. The highest BCUT2D eigenvalue weighted by molar-refractivity contribution is 5.85. The molecule has 0 bridgehead atoms. The van der Waals surface area contributed by atoms with Crippen LogP contribution in [0, 0.1) is 34.5 Å². The average Bonchev–Trinajstić information content (AvgIpc) is 2.84. The first-order valence-corrected chi connectivity index (χ1v) is 10.7. The summed E-state index contributed by atoms with van der Waals surface area (Å²) in [6.45, 7) is 6.65. The molecule has 4 aliphatic rings. The van der Waals surface area contributed by atoms with Crippen molar-refractivity contribution in [3.63, 3.8) is 0 Å². The number of nitrogens with zero attached hydrogens (tertiary/aromatic N) is 1. The third-order valence-electron chi connectivity index (χ3n) is 9.21. The first-order valence-electron chi connectivity index (χ1n) is 10.7. The minimum Gasteiger partial charge on any atom is -0.393 e. The first kappa shape index (κ1) is 18.7. The van der Waals surface area contributed by atoms with E-state index < -0.39 is 6.10 Å². The number of rotatable bonds is 2. The number of aliphatic hydroxyl groups excluding tert-OH is 1. The number of hydrogen-bond donors (Lipinski definition) is 1. The Morgan fingerprint density at radius 2 is 1.88 bits per heavy atom. The van der Waals surface area contributed by atoms with Crippen LogP contribution in [0.3, 0.4) is 0 Å². The van der Waals surface area contributed by atoms with Crippen LogP contribution < -0.4 is 0 Å². The summed E-state index contributed by atoms with van der Waals surface area (Å²) in [6.07, 6.45) is 10.1. The van der Waals surface area contributed by atoms with Crippen LogP contribution in [0.2, 0.25) is 0 Å². The zero-order valence-corrected chi connectivity index (χ0v) is 17.3. The fraction of sp³-hybridized carbons (Fsp3) is 0.870. The summed E-state index contributed by atoms with van der Waals surface area (Å²) < 4.78 is 0. The van der Waals surface area contributed by atoms with Gasteiger partial charge in [-0.05, 0) is 88.1 Å². The van der Waals surface area contributed by atoms with Gasteiger partial charge < -0.3 is 10.0 Å². The lowest BCUT2D eigenvalue weighted by Gasteiger charge is -2.58. The van der Waals surface area contributed by atoms with Gasteiger partial charge in [0, 0.05) is 18.4 Å². The lowest BCUT2D eigenvalue weighted by Crippen LogP contribution is -2.52. The second-order valence-corrected chi connectivity index (χ2v) is 10.6. The van der Waals surface area contributed by atoms with Gasteiger partial charge in [-0.15, -0.1) is 0 Å². The Morgan fingerprint density at radius 3 is 2.54 bits per heavy atom. The zero-order valence-electron chi connectivity index (χ0n) is 17.3. The number of allylic oxidation sites excluding steroid dienone is 1. The summed E-state index contributed by atoms with van der Waals surface area (Å²) in [5.41, 5.74) is 2.04. The molecule has 8 unspecified atom stereocenters. The predicted octanol–water partition coefficient (Wildman–Crippen LogP) is 4.06. The Labute approximate surface area is 159 Å². The molecule has 0 heterocycles. The fourth-order valence-corrected chi connectivity index (χ4v) is 7.73. The molecule has 0 aliphatic heterocycles. The van der Waals surface area contributed by atoms with Crippen LogP contribution in [-0.4, -0.2) is 42.0 Å². The van der Waals surface area contributed by atoms with Crippen molar-refractivity contribution in [2.45, 2.75) is 77.9 Å². The van der Waals surface area contributed by atoms with Crippen molar-refractivity contribution in [2.24, 2.45) is 34.5 Å². The number of carbonyl (C=O) groups excluding carboxylic acids is 1. The van der Waals surface area contributed by atoms with Crippen LogP contribution in [0.5, 0.6) is 0 Å². The van der Waals surface area contributed by atoms with E-state index in [1.165, 1.54) is 25.7 Å². The Morgan fingerprint density at radius 1 is 1.15 bits per heavy atom. The van der Waals surface area contributed by atoms with Gasteiger partial charge in [-0.1, -0.05) is 25.5 Å². The van der Waals surface area contributed by atoms with Crippen LogP contribution in [0.1, 0.15) is 65.7 Å². The molecule has 0 aromatic heterocycles. The molecular weight excluding hydrogens is 322 g/mol. The molecule has 4 rings (SSSR count). The van der Waals surface area contributed by atoms with E-state index in [-0.39, 0.29) is 11.3 Å². The summed E-state index contributed by atoms with van der Waals surface area (Å²) >= 11 is 0. The maximum Gasteiger partial charge on any atom is 0.139 e. The molecule has 146 valence electrons. The summed E-state index contributed by atoms with van der Waals surface area (Å²) in [5, 5.41) is 10.3. The second-order valence-electron chi connectivity index (χ2n) is 10.6. The van der Waals surface area contributed by atoms with Gasteiger partial charge in [0.15, 0.2) is 0 Å². The molecule has 0 spiro atoms. The van der Waals surface area contributed by atoms with Gasteiger partial charge in [-0.2, -0.15) is 0 Å². The first-order chi connectivity index (χ1) is 12.2. The van der Waals surface area contributed by atoms with E-state index in [4.69, 9.17) is 0 Å². The van der Waals surface area contributed by atoms with E-state index in [2.05, 4.69) is 38.9 Å². The summed E-state index contributed by atoms with van der Waals surface area (Å²) in [4.78, 5) is 15.2. The minimum absolute atomic E-state index is 0.00889. The second kappa shape index (κ2) is 6.17. The molecule has 0 aromatic carbocycles. The van der Waals surface area contributed by atoms with E-state index in [1.807, 2.05) is 6.92 Å². The molecular formula is C23H37NO2. The number of ketones is 1. The highest BCUT2D eigenvalue weighted by atomic mass is 16.3. The Balaban J connectivity index is 1.64. The summed E-state index contributed by atoms with van der Waals surface area (Å²) in [5.74, 6) is 2.00. The monoisotopic (exact) mass is 359 g/mol. The maximum atomic E-state index is 12.8. The summed E-state index contributed by atoms with van der Waals surface area (Å²) in [7, 11) is 4.43. The van der Waals surface area contributed by atoms with E-state index in [1.54, 1.807) is 5.57 Å². The van der Waals surface area contributed by atoms with Gasteiger partial charge in [-0.3, -0.25) is 4.79 Å². The van der Waals surface area contributed by atoms with Crippen molar-refractivity contribution in [1.29, 1.82) is 0 Å². The molecule has 0 aromatic rings. The number of carbonyl (C=O) groups is 1. The zero-order chi connectivity index (χ0) is 18.9. The average molecular weight is 360 g/mol. The molecule has 0 radical (unpaired) electrons. The van der Waals surface area contributed by atoms with Gasteiger partial charge in [-0.25, -0.2) is 0 Å². The molecule has 0 amide bonds. The maximum absolute atomic E-state index is 12.8. The van der Waals surface area contributed by atoms with Crippen LogP contribution >= 0.6 is 0 Å². The van der Waals surface area contributed by atoms with E-state index in [9.17, 15) is 9.90 Å². The number of aliphatic hydroxyl groups is 1. The van der Waals surface area contributed by atoms with Crippen molar-refractivity contribution in [3.05, 3.63) is 11.6 Å². The molecule has 3 nitrogen and oxygen atoms in total. The van der Waals surface area contributed by atoms with E-state index in [0.29, 0.717) is 35.5 Å². The van der Waals surface area contributed by atoms with E-state index in [0.717, 1.165) is 18.8 Å². The van der Waals surface area contributed by atoms with E-state index >= 15 is 0 Å². The molecule has 3 fully saturated rings. The molecule has 1 N–H and O–H groups in total. The Hall–Kier alpha value is -0.670. The normalized spacial score (nSPS) is 49.3. The van der Waals surface area contributed by atoms with Crippen LogP contribution in [0.4, 0.5) is 0 Å². The Bertz CT molecular complexity index is 624. The van der Waals surface area contributed by atoms with Gasteiger partial charge in [0.1, 0.15) is 5.78 Å². The topological polar surface area (TPSA) is 40.5 Å². The van der Waals surface area contributed by atoms with Crippen LogP contribution in [-0.2, 0) is 4.79 Å². The molecule has 3 heteroatoms. The fourth-order valence-electron chi connectivity index (χ4n) is 7.73. The molecule has 26 heavy (non-hydrogen) atoms. The van der Waals surface area contributed by atoms with Crippen LogP contribution in [0.25, 0.3) is 0 Å². The quantitative estimate of drug-likeness (QED) is 0.756. The van der Waals surface area contributed by atoms with Crippen LogP contribution in [0.15, 0.2) is 11.6 Å². The van der Waals surface area contributed by atoms with Crippen molar-refractivity contribution >= 4 is 5.78 Å². The number of Topliss-reactive ketones (excluding diaryl/α,β-unsaturated/α-hetero) is 1. The van der Waals surface area contributed by atoms with Crippen molar-refractivity contribution in [2.75, 3.05) is 14.1 Å². The lowest BCUT2D eigenvalue weighted by molar-refractivity contribution is -0.127. The van der Waals surface area contributed by atoms with Crippen molar-refractivity contribution in [1.82, 2.24) is 4.90 Å². The predicted molar refractivity (Wildman–Crippen MR) is 105 cm³/mol. The van der Waals surface area contributed by atoms with Crippen molar-refractivity contribution < 1.29 is 9.90 Å². The minimum atomic E-state index is -0.505. The highest BCUT2D eigenvalue weighted by Gasteiger charge is 2.61. The van der Waals surface area contributed by atoms with Gasteiger partial charge in [0.2, 0.25) is 0 Å². The van der Waals surface area contributed by atoms with Gasteiger partial charge in [0.25, 0.3) is 0 Å². The third-order valence-corrected chi connectivity index (χ3v) is 9.21. The van der Waals surface area contributed by atoms with Crippen molar-refractivity contribution in [3.8, 4) is 0 Å². The third kappa shape index (κ3) is 2.49. The van der Waals surface area contributed by atoms with Gasteiger partial charge in [0.05, 0.1) is 6.10 Å². The standard InChI is InChI=1S/C23H37NO2/c1-14(25)21-20(26)13-19-17-7-6-15-12-16(24(4)5)8-10-22(15,2)18(17)9-11-23(19,21)3/h6,14,16-19,21,25H,7-13H2,1-5H3. The Kier molecular flexibility index (Phi) is 4.43.